The Morgan fingerprint density at radius 2 is 1.67 bits per heavy atom. The van der Waals surface area contributed by atoms with E-state index in [4.69, 9.17) is 4.74 Å². The van der Waals surface area contributed by atoms with Crippen LogP contribution in [0.25, 0.3) is 0 Å². The molecule has 24 heavy (non-hydrogen) atoms. The van der Waals surface area contributed by atoms with Gasteiger partial charge in [0.1, 0.15) is 5.75 Å². The lowest BCUT2D eigenvalue weighted by molar-refractivity contribution is -0.133. The minimum absolute atomic E-state index is 0.0471. The molecule has 4 aliphatic rings. The molecule has 0 aromatic heterocycles. The summed E-state index contributed by atoms with van der Waals surface area (Å²) in [6, 6.07) is 7.95. The van der Waals surface area contributed by atoms with Crippen molar-refractivity contribution < 1.29 is 9.53 Å². The van der Waals surface area contributed by atoms with Crippen LogP contribution in [0.2, 0.25) is 0 Å². The molecule has 1 amide bonds. The normalized spacial score (nSPS) is 34.8. The lowest BCUT2D eigenvalue weighted by atomic mass is 9.53. The Morgan fingerprint density at radius 3 is 2.17 bits per heavy atom. The van der Waals surface area contributed by atoms with Crippen LogP contribution in [-0.2, 0) is 4.79 Å². The fraction of sp³-hybridized carbons (Fsp3) is 0.650. The number of hydrogen-bond acceptors (Lipinski definition) is 3. The second-order valence-electron chi connectivity index (χ2n) is 8.12. The third kappa shape index (κ3) is 3.17. The van der Waals surface area contributed by atoms with E-state index in [2.05, 4.69) is 11.6 Å². The summed E-state index contributed by atoms with van der Waals surface area (Å²) in [4.78, 5) is 13.9. The molecule has 0 heterocycles. The Kier molecular flexibility index (Phi) is 4.27. The molecular formula is C20H27NO2S. The van der Waals surface area contributed by atoms with E-state index in [0.29, 0.717) is 0 Å². The van der Waals surface area contributed by atoms with Gasteiger partial charge in [0, 0.05) is 10.4 Å². The summed E-state index contributed by atoms with van der Waals surface area (Å²) in [5.41, 5.74) is 0.0617. The highest BCUT2D eigenvalue weighted by molar-refractivity contribution is 7.98. The highest BCUT2D eigenvalue weighted by Crippen LogP contribution is 2.55. The molecule has 1 atom stereocenters. The molecule has 4 fully saturated rings. The standard InChI is InChI=1S/C20H27NO2S/c1-13(23-17-3-5-18(24-2)6-4-17)19(22)21-20-10-14-7-15(11-20)9-16(8-14)12-20/h3-6,13-16H,7-12H2,1-2H3,(H,21,22). The first-order chi connectivity index (χ1) is 11.5. The molecule has 4 heteroatoms. The number of carbonyl (C=O) groups excluding carboxylic acids is 1. The van der Waals surface area contributed by atoms with Crippen LogP contribution in [0.4, 0.5) is 0 Å². The molecule has 1 unspecified atom stereocenters. The van der Waals surface area contributed by atoms with Crippen LogP contribution in [-0.4, -0.2) is 23.8 Å². The zero-order valence-corrected chi connectivity index (χ0v) is 15.4. The molecule has 4 aliphatic carbocycles. The zero-order chi connectivity index (χ0) is 16.7. The molecule has 0 saturated heterocycles. The van der Waals surface area contributed by atoms with E-state index in [0.717, 1.165) is 23.5 Å². The molecule has 3 nitrogen and oxygen atoms in total. The quantitative estimate of drug-likeness (QED) is 0.810. The number of thioether (sulfide) groups is 1. The molecule has 1 aromatic rings. The fourth-order valence-electron chi connectivity index (χ4n) is 5.54. The fourth-order valence-corrected chi connectivity index (χ4v) is 5.95. The number of rotatable bonds is 5. The summed E-state index contributed by atoms with van der Waals surface area (Å²) in [6.07, 6.45) is 9.32. The summed E-state index contributed by atoms with van der Waals surface area (Å²) in [7, 11) is 0. The van der Waals surface area contributed by atoms with Gasteiger partial charge in [-0.2, -0.15) is 0 Å². The van der Waals surface area contributed by atoms with Crippen molar-refractivity contribution in [2.45, 2.75) is 62.0 Å². The van der Waals surface area contributed by atoms with E-state index in [9.17, 15) is 4.79 Å². The van der Waals surface area contributed by atoms with Crippen molar-refractivity contribution in [1.82, 2.24) is 5.32 Å². The monoisotopic (exact) mass is 345 g/mol. The number of amides is 1. The van der Waals surface area contributed by atoms with Crippen molar-refractivity contribution in [1.29, 1.82) is 0 Å². The van der Waals surface area contributed by atoms with E-state index in [1.54, 1.807) is 11.8 Å². The number of ether oxygens (including phenoxy) is 1. The van der Waals surface area contributed by atoms with Crippen LogP contribution < -0.4 is 10.1 Å². The van der Waals surface area contributed by atoms with Crippen LogP contribution in [0.3, 0.4) is 0 Å². The largest absolute Gasteiger partial charge is 0.481 e. The van der Waals surface area contributed by atoms with Gasteiger partial charge >= 0.3 is 0 Å². The third-order valence-corrected chi connectivity index (χ3v) is 6.91. The number of hydrogen-bond donors (Lipinski definition) is 1. The van der Waals surface area contributed by atoms with Gasteiger partial charge in [-0.15, -0.1) is 11.8 Å². The van der Waals surface area contributed by atoms with Crippen molar-refractivity contribution >= 4 is 17.7 Å². The Bertz CT molecular complexity index is 577. The second-order valence-corrected chi connectivity index (χ2v) is 9.00. The first-order valence-electron chi connectivity index (χ1n) is 9.18. The highest BCUT2D eigenvalue weighted by atomic mass is 32.2. The van der Waals surface area contributed by atoms with Crippen molar-refractivity contribution in [3.05, 3.63) is 24.3 Å². The van der Waals surface area contributed by atoms with E-state index < -0.39 is 6.10 Å². The van der Waals surface area contributed by atoms with E-state index in [1.165, 1.54) is 43.4 Å². The average Bonchev–Trinajstić information content (AvgIpc) is 2.53. The van der Waals surface area contributed by atoms with E-state index >= 15 is 0 Å². The highest BCUT2D eigenvalue weighted by Gasteiger charge is 2.51. The van der Waals surface area contributed by atoms with Gasteiger partial charge in [0.2, 0.25) is 0 Å². The SMILES string of the molecule is CSc1ccc(OC(C)C(=O)NC23CC4CC(CC(C4)C2)C3)cc1. The molecule has 1 aromatic carbocycles. The topological polar surface area (TPSA) is 38.3 Å². The first kappa shape index (κ1) is 16.3. The molecule has 4 saturated carbocycles. The van der Waals surface area contributed by atoms with Gasteiger partial charge in [0.25, 0.3) is 5.91 Å². The number of nitrogens with one attached hydrogen (secondary N) is 1. The van der Waals surface area contributed by atoms with Gasteiger partial charge in [-0.1, -0.05) is 0 Å². The Labute approximate surface area is 148 Å². The Morgan fingerprint density at radius 1 is 1.12 bits per heavy atom. The minimum atomic E-state index is -0.446. The summed E-state index contributed by atoms with van der Waals surface area (Å²) in [5.74, 6) is 3.33. The van der Waals surface area contributed by atoms with Crippen LogP contribution >= 0.6 is 11.8 Å². The Hall–Kier alpha value is -1.16. The van der Waals surface area contributed by atoms with E-state index in [1.807, 2.05) is 31.2 Å². The van der Waals surface area contributed by atoms with Crippen LogP contribution in [0.1, 0.15) is 45.4 Å². The third-order valence-electron chi connectivity index (χ3n) is 6.17. The van der Waals surface area contributed by atoms with E-state index in [-0.39, 0.29) is 11.4 Å². The van der Waals surface area contributed by atoms with Crippen molar-refractivity contribution in [2.24, 2.45) is 17.8 Å². The smallest absolute Gasteiger partial charge is 0.261 e. The molecule has 0 radical (unpaired) electrons. The summed E-state index contributed by atoms with van der Waals surface area (Å²) in [5, 5.41) is 3.40. The average molecular weight is 346 g/mol. The number of benzene rings is 1. The predicted octanol–water partition coefficient (Wildman–Crippen LogP) is 4.26. The molecule has 5 rings (SSSR count). The zero-order valence-electron chi connectivity index (χ0n) is 14.6. The summed E-state index contributed by atoms with van der Waals surface area (Å²) >= 11 is 1.70. The van der Waals surface area contributed by atoms with Gasteiger partial charge in [-0.25, -0.2) is 0 Å². The molecule has 4 bridgehead atoms. The number of carbonyl (C=O) groups is 1. The van der Waals surface area contributed by atoms with Gasteiger partial charge in [0.05, 0.1) is 0 Å². The Balaban J connectivity index is 1.38. The van der Waals surface area contributed by atoms with Gasteiger partial charge < -0.3 is 10.1 Å². The van der Waals surface area contributed by atoms with Crippen molar-refractivity contribution in [3.8, 4) is 5.75 Å². The molecule has 0 aliphatic heterocycles. The maximum Gasteiger partial charge on any atom is 0.261 e. The molecular weight excluding hydrogens is 318 g/mol. The molecule has 0 spiro atoms. The van der Waals surface area contributed by atoms with Gasteiger partial charge in [-0.05, 0) is 93.7 Å². The maximum absolute atomic E-state index is 12.7. The minimum Gasteiger partial charge on any atom is -0.481 e. The summed E-state index contributed by atoms with van der Waals surface area (Å²) < 4.78 is 5.87. The maximum atomic E-state index is 12.7. The lowest BCUT2D eigenvalue weighted by Crippen LogP contribution is -2.61. The molecule has 1 N–H and O–H groups in total. The lowest BCUT2D eigenvalue weighted by Gasteiger charge is -2.57. The molecule has 130 valence electrons. The second kappa shape index (κ2) is 6.29. The first-order valence-corrected chi connectivity index (χ1v) is 10.4. The van der Waals surface area contributed by atoms with Crippen molar-refractivity contribution in [3.63, 3.8) is 0 Å². The van der Waals surface area contributed by atoms with Crippen LogP contribution in [0.15, 0.2) is 29.2 Å². The van der Waals surface area contributed by atoms with Gasteiger partial charge in [0.15, 0.2) is 6.10 Å². The van der Waals surface area contributed by atoms with Crippen LogP contribution in [0, 0.1) is 17.8 Å². The van der Waals surface area contributed by atoms with Gasteiger partial charge in [-0.3, -0.25) is 4.79 Å². The van der Waals surface area contributed by atoms with Crippen LogP contribution in [0.5, 0.6) is 5.75 Å². The van der Waals surface area contributed by atoms with Crippen molar-refractivity contribution in [2.75, 3.05) is 6.26 Å². The predicted molar refractivity (Wildman–Crippen MR) is 97.4 cm³/mol. The summed E-state index contributed by atoms with van der Waals surface area (Å²) in [6.45, 7) is 1.86.